The van der Waals surface area contributed by atoms with Gasteiger partial charge in [-0.3, -0.25) is 0 Å². The maximum Gasteiger partial charge on any atom is 0.123 e. The van der Waals surface area contributed by atoms with Crippen molar-refractivity contribution in [3.63, 3.8) is 0 Å². The molecule has 1 saturated carbocycles. The van der Waals surface area contributed by atoms with E-state index in [9.17, 15) is 0 Å². The number of rotatable bonds is 7. The van der Waals surface area contributed by atoms with E-state index in [1.165, 1.54) is 31.2 Å². The minimum absolute atomic E-state index is 0.743. The van der Waals surface area contributed by atoms with Crippen LogP contribution < -0.4 is 10.1 Å². The number of nitrogens with one attached hydrogen (secondary N) is 1. The molecular weight excluding hydrogens is 258 g/mol. The highest BCUT2D eigenvalue weighted by Gasteiger charge is 2.16. The Morgan fingerprint density at radius 1 is 1.32 bits per heavy atom. The zero-order chi connectivity index (χ0) is 13.5. The van der Waals surface area contributed by atoms with Gasteiger partial charge in [0.2, 0.25) is 0 Å². The molecule has 2 nitrogen and oxygen atoms in total. The van der Waals surface area contributed by atoms with Crippen LogP contribution >= 0.6 is 11.6 Å². The van der Waals surface area contributed by atoms with Crippen molar-refractivity contribution in [3.05, 3.63) is 28.8 Å². The summed E-state index contributed by atoms with van der Waals surface area (Å²) in [6.07, 6.45) is 6.49. The van der Waals surface area contributed by atoms with Gasteiger partial charge >= 0.3 is 0 Å². The molecule has 0 bridgehead atoms. The molecule has 106 valence electrons. The molecule has 0 atom stereocenters. The van der Waals surface area contributed by atoms with Gasteiger partial charge in [0.15, 0.2) is 0 Å². The van der Waals surface area contributed by atoms with Crippen molar-refractivity contribution in [2.24, 2.45) is 5.92 Å². The van der Waals surface area contributed by atoms with Crippen LogP contribution in [0.2, 0.25) is 5.02 Å². The molecule has 0 spiro atoms. The molecule has 2 rings (SSSR count). The first-order chi connectivity index (χ1) is 9.29. The average molecular weight is 282 g/mol. The molecule has 1 fully saturated rings. The fourth-order valence-corrected chi connectivity index (χ4v) is 2.81. The SMILES string of the molecule is CCCNCc1cc(Cl)ccc1OCC1CCCC1. The molecular formula is C16H24ClNO. The van der Waals surface area contributed by atoms with E-state index in [2.05, 4.69) is 12.2 Å². The second kappa shape index (κ2) is 7.76. The van der Waals surface area contributed by atoms with Crippen molar-refractivity contribution < 1.29 is 4.74 Å². The lowest BCUT2D eigenvalue weighted by molar-refractivity contribution is 0.249. The predicted octanol–water partition coefficient (Wildman–Crippen LogP) is 4.41. The third kappa shape index (κ3) is 4.70. The summed E-state index contributed by atoms with van der Waals surface area (Å²) in [4.78, 5) is 0. The van der Waals surface area contributed by atoms with Gasteiger partial charge in [-0.25, -0.2) is 0 Å². The van der Waals surface area contributed by atoms with Crippen molar-refractivity contribution in [2.45, 2.75) is 45.6 Å². The molecule has 0 heterocycles. The average Bonchev–Trinajstić information content (AvgIpc) is 2.91. The smallest absolute Gasteiger partial charge is 0.123 e. The topological polar surface area (TPSA) is 21.3 Å². The molecule has 0 unspecified atom stereocenters. The lowest BCUT2D eigenvalue weighted by Crippen LogP contribution is -2.16. The monoisotopic (exact) mass is 281 g/mol. The summed E-state index contributed by atoms with van der Waals surface area (Å²) < 4.78 is 6.01. The van der Waals surface area contributed by atoms with E-state index in [4.69, 9.17) is 16.3 Å². The summed E-state index contributed by atoms with van der Waals surface area (Å²) in [5.41, 5.74) is 1.17. The summed E-state index contributed by atoms with van der Waals surface area (Å²) in [5.74, 6) is 1.73. The van der Waals surface area contributed by atoms with E-state index in [0.29, 0.717) is 0 Å². The van der Waals surface area contributed by atoms with Gasteiger partial charge in [0.25, 0.3) is 0 Å². The van der Waals surface area contributed by atoms with Crippen LogP contribution in [-0.4, -0.2) is 13.2 Å². The van der Waals surface area contributed by atoms with Gasteiger partial charge in [-0.15, -0.1) is 0 Å². The number of hydrogen-bond donors (Lipinski definition) is 1. The third-order valence-electron chi connectivity index (χ3n) is 3.71. The molecule has 0 amide bonds. The van der Waals surface area contributed by atoms with E-state index in [1.54, 1.807) is 0 Å². The van der Waals surface area contributed by atoms with Gasteiger partial charge in [-0.2, -0.15) is 0 Å². The van der Waals surface area contributed by atoms with E-state index >= 15 is 0 Å². The van der Waals surface area contributed by atoms with E-state index in [1.807, 2.05) is 18.2 Å². The molecule has 1 aliphatic rings. The Kier molecular flexibility index (Phi) is 5.99. The van der Waals surface area contributed by atoms with Crippen LogP contribution in [0.3, 0.4) is 0 Å². The normalized spacial score (nSPS) is 15.9. The molecule has 0 saturated heterocycles. The van der Waals surface area contributed by atoms with Gasteiger partial charge in [-0.05, 0) is 49.9 Å². The Morgan fingerprint density at radius 2 is 2.11 bits per heavy atom. The highest BCUT2D eigenvalue weighted by molar-refractivity contribution is 6.30. The van der Waals surface area contributed by atoms with Crippen molar-refractivity contribution in [3.8, 4) is 5.75 Å². The Morgan fingerprint density at radius 3 is 2.84 bits per heavy atom. The second-order valence-corrected chi connectivity index (χ2v) is 5.83. The van der Waals surface area contributed by atoms with Gasteiger partial charge < -0.3 is 10.1 Å². The van der Waals surface area contributed by atoms with Crippen LogP contribution in [0.15, 0.2) is 18.2 Å². The quantitative estimate of drug-likeness (QED) is 0.748. The minimum Gasteiger partial charge on any atom is -0.493 e. The first-order valence-electron chi connectivity index (χ1n) is 7.41. The summed E-state index contributed by atoms with van der Waals surface area (Å²) >= 11 is 6.07. The van der Waals surface area contributed by atoms with Gasteiger partial charge in [0.1, 0.15) is 5.75 Å². The number of benzene rings is 1. The number of ether oxygens (including phenoxy) is 1. The maximum absolute atomic E-state index is 6.07. The first kappa shape index (κ1) is 14.7. The van der Waals surface area contributed by atoms with Crippen LogP contribution in [0, 0.1) is 5.92 Å². The van der Waals surface area contributed by atoms with Crippen molar-refractivity contribution in [1.29, 1.82) is 0 Å². The molecule has 1 N–H and O–H groups in total. The first-order valence-corrected chi connectivity index (χ1v) is 7.79. The fraction of sp³-hybridized carbons (Fsp3) is 0.625. The van der Waals surface area contributed by atoms with Crippen LogP contribution in [0.5, 0.6) is 5.75 Å². The summed E-state index contributed by atoms with van der Waals surface area (Å²) in [6.45, 7) is 4.87. The van der Waals surface area contributed by atoms with E-state index < -0.39 is 0 Å². The van der Waals surface area contributed by atoms with Crippen molar-refractivity contribution >= 4 is 11.6 Å². The van der Waals surface area contributed by atoms with E-state index in [-0.39, 0.29) is 0 Å². The van der Waals surface area contributed by atoms with Crippen molar-refractivity contribution in [1.82, 2.24) is 5.32 Å². The second-order valence-electron chi connectivity index (χ2n) is 5.39. The molecule has 0 radical (unpaired) electrons. The minimum atomic E-state index is 0.743. The Balaban J connectivity index is 1.92. The summed E-state index contributed by atoms with van der Waals surface area (Å²) in [5, 5.41) is 4.19. The lowest BCUT2D eigenvalue weighted by Gasteiger charge is -2.15. The standard InChI is InChI=1S/C16H24ClNO/c1-2-9-18-11-14-10-15(17)7-8-16(14)19-12-13-5-3-4-6-13/h7-8,10,13,18H,2-6,9,11-12H2,1H3. The maximum atomic E-state index is 6.07. The number of hydrogen-bond acceptors (Lipinski definition) is 2. The molecule has 1 aromatic rings. The van der Waals surface area contributed by atoms with Gasteiger partial charge in [-0.1, -0.05) is 31.4 Å². The third-order valence-corrected chi connectivity index (χ3v) is 3.95. The predicted molar refractivity (Wildman–Crippen MR) is 80.9 cm³/mol. The Hall–Kier alpha value is -0.730. The molecule has 0 aliphatic heterocycles. The summed E-state index contributed by atoms with van der Waals surface area (Å²) in [6, 6.07) is 5.92. The largest absolute Gasteiger partial charge is 0.493 e. The van der Waals surface area contributed by atoms with Crippen LogP contribution in [0.1, 0.15) is 44.6 Å². The molecule has 0 aromatic heterocycles. The number of halogens is 1. The fourth-order valence-electron chi connectivity index (χ4n) is 2.61. The summed E-state index contributed by atoms with van der Waals surface area (Å²) in [7, 11) is 0. The Bertz CT molecular complexity index is 388. The van der Waals surface area contributed by atoms with Gasteiger partial charge in [0, 0.05) is 17.1 Å². The lowest BCUT2D eigenvalue weighted by atomic mass is 10.1. The zero-order valence-corrected chi connectivity index (χ0v) is 12.5. The highest BCUT2D eigenvalue weighted by atomic mass is 35.5. The van der Waals surface area contributed by atoms with Crippen LogP contribution in [0.4, 0.5) is 0 Å². The van der Waals surface area contributed by atoms with Crippen molar-refractivity contribution in [2.75, 3.05) is 13.2 Å². The van der Waals surface area contributed by atoms with E-state index in [0.717, 1.165) is 42.8 Å². The Labute approximate surface area is 121 Å². The van der Waals surface area contributed by atoms with Gasteiger partial charge in [0.05, 0.1) is 6.61 Å². The zero-order valence-electron chi connectivity index (χ0n) is 11.8. The molecule has 1 aliphatic carbocycles. The van der Waals surface area contributed by atoms with Crippen LogP contribution in [0.25, 0.3) is 0 Å². The molecule has 19 heavy (non-hydrogen) atoms. The molecule has 1 aromatic carbocycles. The molecule has 3 heteroatoms. The highest BCUT2D eigenvalue weighted by Crippen LogP contribution is 2.28. The van der Waals surface area contributed by atoms with Crippen LogP contribution in [-0.2, 0) is 6.54 Å².